The molecular weight excluding hydrogens is 276 g/mol. The number of nitrogens with zero attached hydrogens (tertiary/aromatic N) is 2. The normalized spacial score (nSPS) is 24.5. The van der Waals surface area contributed by atoms with E-state index in [9.17, 15) is 4.79 Å². The van der Waals surface area contributed by atoms with E-state index >= 15 is 0 Å². The molecule has 22 heavy (non-hydrogen) atoms. The molecule has 4 heteroatoms. The van der Waals surface area contributed by atoms with Crippen molar-refractivity contribution in [3.8, 4) is 0 Å². The van der Waals surface area contributed by atoms with Crippen LogP contribution in [0.15, 0.2) is 12.3 Å². The molecule has 1 aliphatic heterocycles. The number of carbonyl (C=O) groups is 1. The van der Waals surface area contributed by atoms with Gasteiger partial charge in [-0.15, -0.1) is 0 Å². The average Bonchev–Trinajstić information content (AvgIpc) is 3.01. The van der Waals surface area contributed by atoms with Crippen molar-refractivity contribution in [2.75, 3.05) is 11.4 Å². The maximum absolute atomic E-state index is 12.3. The Hall–Kier alpha value is -1.58. The number of anilines is 1. The lowest BCUT2D eigenvalue weighted by Crippen LogP contribution is -2.36. The number of ether oxygens (including phenoxy) is 1. The first kappa shape index (κ1) is 15.3. The molecule has 2 heterocycles. The highest BCUT2D eigenvalue weighted by Gasteiger charge is 2.32. The second-order valence-corrected chi connectivity index (χ2v) is 7.65. The van der Waals surface area contributed by atoms with Gasteiger partial charge < -0.3 is 4.74 Å². The number of amides is 1. The fourth-order valence-electron chi connectivity index (χ4n) is 3.62. The lowest BCUT2D eigenvalue weighted by Gasteiger charge is -2.24. The maximum Gasteiger partial charge on any atom is 0.416 e. The van der Waals surface area contributed by atoms with Crippen molar-refractivity contribution < 1.29 is 9.53 Å². The molecule has 1 aromatic rings. The topological polar surface area (TPSA) is 42.4 Å². The third-order valence-electron chi connectivity index (χ3n) is 4.73. The zero-order chi connectivity index (χ0) is 15.9. The molecule has 1 amide bonds. The third-order valence-corrected chi connectivity index (χ3v) is 4.73. The minimum Gasteiger partial charge on any atom is -0.443 e. The van der Waals surface area contributed by atoms with Gasteiger partial charge in [0.05, 0.1) is 0 Å². The number of pyridine rings is 1. The monoisotopic (exact) mass is 302 g/mol. The van der Waals surface area contributed by atoms with Crippen LogP contribution >= 0.6 is 0 Å². The molecule has 120 valence electrons. The van der Waals surface area contributed by atoms with Crippen molar-refractivity contribution >= 4 is 11.9 Å². The molecule has 3 rings (SSSR count). The fraction of sp³-hybridized carbons (Fsp3) is 0.667. The van der Waals surface area contributed by atoms with E-state index < -0.39 is 5.60 Å². The van der Waals surface area contributed by atoms with Crippen LogP contribution in [0.2, 0.25) is 0 Å². The van der Waals surface area contributed by atoms with Gasteiger partial charge in [-0.25, -0.2) is 9.78 Å². The molecule has 1 fully saturated rings. The minimum absolute atomic E-state index is 0.291. The summed E-state index contributed by atoms with van der Waals surface area (Å²) in [5.41, 5.74) is 2.05. The van der Waals surface area contributed by atoms with Crippen LogP contribution in [0.3, 0.4) is 0 Å². The zero-order valence-corrected chi connectivity index (χ0v) is 14.1. The smallest absolute Gasteiger partial charge is 0.416 e. The van der Waals surface area contributed by atoms with Crippen molar-refractivity contribution in [1.29, 1.82) is 0 Å². The maximum atomic E-state index is 12.3. The fourth-order valence-corrected chi connectivity index (χ4v) is 3.62. The predicted molar refractivity (Wildman–Crippen MR) is 87.3 cm³/mol. The molecule has 0 saturated heterocycles. The van der Waals surface area contributed by atoms with Crippen molar-refractivity contribution in [1.82, 2.24) is 4.98 Å². The molecule has 0 radical (unpaired) electrons. The van der Waals surface area contributed by atoms with E-state index in [1.165, 1.54) is 30.4 Å². The molecule has 0 bridgehead atoms. The largest absolute Gasteiger partial charge is 0.443 e. The number of rotatable bonds is 1. The zero-order valence-electron chi connectivity index (χ0n) is 14.1. The van der Waals surface area contributed by atoms with Crippen LogP contribution in [-0.4, -0.2) is 23.2 Å². The van der Waals surface area contributed by atoms with Gasteiger partial charge in [0.2, 0.25) is 0 Å². The molecule has 4 nitrogen and oxygen atoms in total. The molecule has 2 unspecified atom stereocenters. The molecule has 2 atom stereocenters. The summed E-state index contributed by atoms with van der Waals surface area (Å²) in [4.78, 5) is 18.5. The summed E-state index contributed by atoms with van der Waals surface area (Å²) in [5.74, 6) is 2.15. The van der Waals surface area contributed by atoms with Gasteiger partial charge in [-0.3, -0.25) is 4.90 Å². The van der Waals surface area contributed by atoms with Gasteiger partial charge in [-0.2, -0.15) is 0 Å². The standard InChI is InChI=1S/C18H26N2O2/c1-12-6-5-7-15(12)14-10-13-8-9-20(16(13)19-11-14)17(21)22-18(2,3)4/h10-12,15H,5-9H2,1-4H3. The first-order valence-electron chi connectivity index (χ1n) is 8.34. The van der Waals surface area contributed by atoms with Crippen LogP contribution in [0.25, 0.3) is 0 Å². The van der Waals surface area contributed by atoms with Gasteiger partial charge in [-0.05, 0) is 56.6 Å². The van der Waals surface area contributed by atoms with Crippen molar-refractivity contribution in [3.05, 3.63) is 23.4 Å². The highest BCUT2D eigenvalue weighted by Crippen LogP contribution is 2.40. The number of fused-ring (bicyclic) bond motifs is 1. The van der Waals surface area contributed by atoms with Crippen LogP contribution in [0.5, 0.6) is 0 Å². The van der Waals surface area contributed by atoms with Gasteiger partial charge in [0, 0.05) is 12.7 Å². The molecule has 0 aromatic carbocycles. The van der Waals surface area contributed by atoms with E-state index in [2.05, 4.69) is 18.0 Å². The summed E-state index contributed by atoms with van der Waals surface area (Å²) in [6, 6.07) is 2.26. The summed E-state index contributed by atoms with van der Waals surface area (Å²) in [7, 11) is 0. The Balaban J connectivity index is 1.79. The Morgan fingerprint density at radius 1 is 1.36 bits per heavy atom. The van der Waals surface area contributed by atoms with E-state index in [0.29, 0.717) is 12.5 Å². The Bertz CT molecular complexity index is 577. The quantitative estimate of drug-likeness (QED) is 0.777. The van der Waals surface area contributed by atoms with Crippen LogP contribution in [0.1, 0.15) is 64.0 Å². The first-order chi connectivity index (χ1) is 10.3. The lowest BCUT2D eigenvalue weighted by molar-refractivity contribution is 0.0583. The van der Waals surface area contributed by atoms with E-state index in [1.54, 1.807) is 4.90 Å². The van der Waals surface area contributed by atoms with Crippen molar-refractivity contribution in [2.45, 2.75) is 64.9 Å². The van der Waals surface area contributed by atoms with E-state index in [4.69, 9.17) is 4.74 Å². The van der Waals surface area contributed by atoms with Gasteiger partial charge in [0.1, 0.15) is 11.4 Å². The predicted octanol–water partition coefficient (Wildman–Crippen LogP) is 4.28. The van der Waals surface area contributed by atoms with Crippen LogP contribution in [-0.2, 0) is 11.2 Å². The van der Waals surface area contributed by atoms with E-state index in [0.717, 1.165) is 18.2 Å². The lowest BCUT2D eigenvalue weighted by atomic mass is 9.90. The number of aromatic nitrogens is 1. The van der Waals surface area contributed by atoms with Crippen molar-refractivity contribution in [3.63, 3.8) is 0 Å². The van der Waals surface area contributed by atoms with Crippen molar-refractivity contribution in [2.24, 2.45) is 5.92 Å². The molecular formula is C18H26N2O2. The van der Waals surface area contributed by atoms with Crippen LogP contribution < -0.4 is 4.90 Å². The summed E-state index contributed by atoms with van der Waals surface area (Å²) < 4.78 is 5.47. The molecule has 2 aliphatic rings. The number of hydrogen-bond donors (Lipinski definition) is 0. The Labute approximate surface area is 132 Å². The molecule has 1 aliphatic carbocycles. The SMILES string of the molecule is CC1CCCC1c1cnc2c(c1)CCN2C(=O)OC(C)(C)C. The number of carbonyl (C=O) groups excluding carboxylic acids is 1. The first-order valence-corrected chi connectivity index (χ1v) is 8.34. The average molecular weight is 302 g/mol. The van der Waals surface area contributed by atoms with Gasteiger partial charge in [-0.1, -0.05) is 25.8 Å². The highest BCUT2D eigenvalue weighted by atomic mass is 16.6. The summed E-state index contributed by atoms with van der Waals surface area (Å²) in [6.07, 6.45) is 6.43. The molecule has 0 N–H and O–H groups in total. The second-order valence-electron chi connectivity index (χ2n) is 7.65. The Morgan fingerprint density at radius 3 is 2.77 bits per heavy atom. The minimum atomic E-state index is -0.473. The summed E-state index contributed by atoms with van der Waals surface area (Å²) in [5, 5.41) is 0. The summed E-state index contributed by atoms with van der Waals surface area (Å²) >= 11 is 0. The number of hydrogen-bond acceptors (Lipinski definition) is 3. The Morgan fingerprint density at radius 2 is 2.14 bits per heavy atom. The summed E-state index contributed by atoms with van der Waals surface area (Å²) in [6.45, 7) is 8.67. The van der Waals surface area contributed by atoms with E-state index in [1.807, 2.05) is 27.0 Å². The van der Waals surface area contributed by atoms with Crippen LogP contribution in [0, 0.1) is 5.92 Å². The molecule has 1 aromatic heterocycles. The van der Waals surface area contributed by atoms with Crippen LogP contribution in [0.4, 0.5) is 10.6 Å². The molecule has 0 spiro atoms. The van der Waals surface area contributed by atoms with Gasteiger partial charge in [0.15, 0.2) is 0 Å². The van der Waals surface area contributed by atoms with Gasteiger partial charge >= 0.3 is 6.09 Å². The van der Waals surface area contributed by atoms with Gasteiger partial charge in [0.25, 0.3) is 0 Å². The third kappa shape index (κ3) is 2.96. The highest BCUT2D eigenvalue weighted by molar-refractivity contribution is 5.89. The second kappa shape index (κ2) is 5.56. The Kier molecular flexibility index (Phi) is 3.87. The molecule has 1 saturated carbocycles. The van der Waals surface area contributed by atoms with E-state index in [-0.39, 0.29) is 6.09 Å².